The van der Waals surface area contributed by atoms with E-state index >= 15 is 0 Å². The van der Waals surface area contributed by atoms with E-state index in [1.807, 2.05) is 12.1 Å². The van der Waals surface area contributed by atoms with Crippen LogP contribution in [0.25, 0.3) is 0 Å². The van der Waals surface area contributed by atoms with Crippen molar-refractivity contribution in [3.8, 4) is 5.75 Å². The van der Waals surface area contributed by atoms with Crippen molar-refractivity contribution in [1.82, 2.24) is 9.62 Å². The van der Waals surface area contributed by atoms with Crippen LogP contribution >= 0.6 is 11.6 Å². The van der Waals surface area contributed by atoms with Gasteiger partial charge in [0.2, 0.25) is 15.9 Å². The summed E-state index contributed by atoms with van der Waals surface area (Å²) in [6.45, 7) is 0.948. The molecule has 8 heteroatoms. The van der Waals surface area contributed by atoms with Crippen molar-refractivity contribution in [1.29, 1.82) is 0 Å². The molecule has 0 spiro atoms. The van der Waals surface area contributed by atoms with Crippen molar-refractivity contribution in [2.45, 2.75) is 24.3 Å². The molecule has 0 aliphatic carbocycles. The van der Waals surface area contributed by atoms with Crippen molar-refractivity contribution >= 4 is 27.5 Å². The number of nitrogens with zero attached hydrogens (tertiary/aromatic N) is 1. The van der Waals surface area contributed by atoms with Gasteiger partial charge >= 0.3 is 0 Å². The van der Waals surface area contributed by atoms with Crippen LogP contribution in [0.4, 0.5) is 0 Å². The normalized spacial score (nSPS) is 17.9. The molecule has 3 rings (SSSR count). The molecule has 1 aliphatic heterocycles. The highest BCUT2D eigenvalue weighted by atomic mass is 35.5. The number of carbonyl (C=O) groups is 1. The van der Waals surface area contributed by atoms with Crippen molar-refractivity contribution in [2.75, 3.05) is 20.2 Å². The summed E-state index contributed by atoms with van der Waals surface area (Å²) in [7, 11) is -2.12. The number of nitrogens with one attached hydrogen (secondary N) is 1. The van der Waals surface area contributed by atoms with E-state index in [0.29, 0.717) is 36.7 Å². The molecule has 0 aromatic heterocycles. The summed E-state index contributed by atoms with van der Waals surface area (Å²) in [5, 5.41) is 3.50. The van der Waals surface area contributed by atoms with E-state index in [-0.39, 0.29) is 23.3 Å². The number of amides is 1. The van der Waals surface area contributed by atoms with E-state index in [0.717, 1.165) is 5.56 Å². The molecule has 28 heavy (non-hydrogen) atoms. The molecule has 0 saturated carbocycles. The lowest BCUT2D eigenvalue weighted by atomic mass is 9.99. The Morgan fingerprint density at radius 2 is 2.00 bits per heavy atom. The van der Waals surface area contributed by atoms with Crippen LogP contribution < -0.4 is 10.1 Å². The molecule has 1 atom stereocenters. The number of piperidine rings is 1. The summed E-state index contributed by atoms with van der Waals surface area (Å²) in [5.74, 6) is 0.0754. The second-order valence-corrected chi connectivity index (χ2v) is 9.10. The van der Waals surface area contributed by atoms with Gasteiger partial charge in [-0.3, -0.25) is 4.79 Å². The lowest BCUT2D eigenvalue weighted by Gasteiger charge is -2.31. The predicted molar refractivity (Wildman–Crippen MR) is 108 cm³/mol. The van der Waals surface area contributed by atoms with Crippen molar-refractivity contribution in [2.24, 2.45) is 5.92 Å². The first-order valence-corrected chi connectivity index (χ1v) is 10.9. The van der Waals surface area contributed by atoms with Crippen LogP contribution in [0.1, 0.15) is 18.4 Å². The average Bonchev–Trinajstić information content (AvgIpc) is 2.72. The van der Waals surface area contributed by atoms with Gasteiger partial charge in [0.25, 0.3) is 0 Å². The molecule has 0 bridgehead atoms. The van der Waals surface area contributed by atoms with Gasteiger partial charge in [0.05, 0.1) is 17.9 Å². The zero-order valence-corrected chi connectivity index (χ0v) is 17.2. The summed E-state index contributed by atoms with van der Waals surface area (Å²) in [6.07, 6.45) is 1.31. The highest BCUT2D eigenvalue weighted by Crippen LogP contribution is 2.25. The monoisotopic (exact) mass is 422 g/mol. The van der Waals surface area contributed by atoms with Gasteiger partial charge < -0.3 is 10.1 Å². The molecule has 2 aromatic rings. The van der Waals surface area contributed by atoms with Gasteiger partial charge in [-0.1, -0.05) is 23.7 Å². The molecule has 2 aromatic carbocycles. The third-order valence-corrected chi connectivity index (χ3v) is 6.92. The fourth-order valence-corrected chi connectivity index (χ4v) is 4.99. The van der Waals surface area contributed by atoms with Gasteiger partial charge in [-0.15, -0.1) is 0 Å². The lowest BCUT2D eigenvalue weighted by molar-refractivity contribution is -0.126. The second kappa shape index (κ2) is 8.94. The Morgan fingerprint density at radius 3 is 2.68 bits per heavy atom. The Balaban J connectivity index is 1.64. The quantitative estimate of drug-likeness (QED) is 0.776. The van der Waals surface area contributed by atoms with Crippen LogP contribution in [0.2, 0.25) is 5.02 Å². The summed E-state index contributed by atoms with van der Waals surface area (Å²) in [5.41, 5.74) is 0.902. The topological polar surface area (TPSA) is 75.7 Å². The molecular formula is C20H23ClN2O4S. The first kappa shape index (κ1) is 20.6. The largest absolute Gasteiger partial charge is 0.497 e. The number of rotatable bonds is 6. The molecule has 1 N–H and O–H groups in total. The van der Waals surface area contributed by atoms with E-state index < -0.39 is 10.0 Å². The number of methoxy groups -OCH3 is 1. The Labute approximate surface area is 170 Å². The van der Waals surface area contributed by atoms with Gasteiger partial charge in [-0.25, -0.2) is 8.42 Å². The summed E-state index contributed by atoms with van der Waals surface area (Å²) < 4.78 is 32.3. The summed E-state index contributed by atoms with van der Waals surface area (Å²) in [6, 6.07) is 13.6. The minimum atomic E-state index is -3.65. The van der Waals surface area contributed by atoms with Gasteiger partial charge in [-0.05, 0) is 54.8 Å². The smallest absolute Gasteiger partial charge is 0.243 e. The van der Waals surface area contributed by atoms with Crippen LogP contribution in [0, 0.1) is 5.92 Å². The van der Waals surface area contributed by atoms with Crippen LogP contribution in [0.15, 0.2) is 53.4 Å². The number of hydrogen-bond acceptors (Lipinski definition) is 4. The zero-order valence-electron chi connectivity index (χ0n) is 15.6. The highest BCUT2D eigenvalue weighted by Gasteiger charge is 2.33. The molecular weight excluding hydrogens is 400 g/mol. The Morgan fingerprint density at radius 1 is 1.25 bits per heavy atom. The third-order valence-electron chi connectivity index (χ3n) is 4.81. The average molecular weight is 423 g/mol. The molecule has 1 fully saturated rings. The van der Waals surface area contributed by atoms with Crippen LogP contribution in [0.5, 0.6) is 5.75 Å². The van der Waals surface area contributed by atoms with Crippen LogP contribution in [-0.2, 0) is 21.4 Å². The van der Waals surface area contributed by atoms with Gasteiger partial charge in [0, 0.05) is 24.7 Å². The van der Waals surface area contributed by atoms with Crippen molar-refractivity contribution < 1.29 is 17.9 Å². The summed E-state index contributed by atoms with van der Waals surface area (Å²) in [4.78, 5) is 12.8. The predicted octanol–water partition coefficient (Wildman–Crippen LogP) is 3.07. The first-order chi connectivity index (χ1) is 13.4. The Kier molecular flexibility index (Phi) is 6.59. The molecule has 0 unspecified atom stereocenters. The maximum absolute atomic E-state index is 12.9. The molecule has 150 valence electrons. The van der Waals surface area contributed by atoms with E-state index in [9.17, 15) is 13.2 Å². The highest BCUT2D eigenvalue weighted by molar-refractivity contribution is 7.89. The standard InChI is InChI=1S/C20H23ClN2O4S/c1-27-18-7-9-19(10-8-18)28(25,26)23-11-3-5-16(14-23)20(24)22-13-15-4-2-6-17(21)12-15/h2,4,6-10,12,16H,3,5,11,13-14H2,1H3,(H,22,24)/t16-/m0/s1. The van der Waals surface area contributed by atoms with E-state index in [1.54, 1.807) is 24.3 Å². The number of halogens is 1. The SMILES string of the molecule is COc1ccc(S(=O)(=O)N2CCC[C@H](C(=O)NCc3cccc(Cl)c3)C2)cc1. The number of carbonyl (C=O) groups excluding carboxylic acids is 1. The van der Waals surface area contributed by atoms with Crippen LogP contribution in [-0.4, -0.2) is 38.8 Å². The Bertz CT molecular complexity index is 931. The molecule has 6 nitrogen and oxygen atoms in total. The molecule has 1 saturated heterocycles. The van der Waals surface area contributed by atoms with Gasteiger partial charge in [0.15, 0.2) is 0 Å². The zero-order chi connectivity index (χ0) is 20.1. The van der Waals surface area contributed by atoms with E-state index in [2.05, 4.69) is 5.32 Å². The number of sulfonamides is 1. The third kappa shape index (κ3) is 4.84. The Hall–Kier alpha value is -2.09. The first-order valence-electron chi connectivity index (χ1n) is 9.06. The van der Waals surface area contributed by atoms with E-state index in [1.165, 1.54) is 23.5 Å². The molecule has 0 radical (unpaired) electrons. The van der Waals surface area contributed by atoms with Gasteiger partial charge in [-0.2, -0.15) is 4.31 Å². The summed E-state index contributed by atoms with van der Waals surface area (Å²) >= 11 is 5.96. The second-order valence-electron chi connectivity index (χ2n) is 6.73. The van der Waals surface area contributed by atoms with E-state index in [4.69, 9.17) is 16.3 Å². The maximum atomic E-state index is 12.9. The maximum Gasteiger partial charge on any atom is 0.243 e. The fourth-order valence-electron chi connectivity index (χ4n) is 3.25. The lowest BCUT2D eigenvalue weighted by Crippen LogP contribution is -2.45. The van der Waals surface area contributed by atoms with Crippen LogP contribution in [0.3, 0.4) is 0 Å². The fraction of sp³-hybridized carbons (Fsp3) is 0.350. The minimum Gasteiger partial charge on any atom is -0.497 e. The minimum absolute atomic E-state index is 0.144. The molecule has 1 heterocycles. The molecule has 1 aliphatic rings. The van der Waals surface area contributed by atoms with Crippen molar-refractivity contribution in [3.05, 3.63) is 59.1 Å². The molecule has 1 amide bonds. The number of benzene rings is 2. The van der Waals surface area contributed by atoms with Crippen molar-refractivity contribution in [3.63, 3.8) is 0 Å². The van der Waals surface area contributed by atoms with Gasteiger partial charge in [0.1, 0.15) is 5.75 Å². The number of ether oxygens (including phenoxy) is 1. The number of hydrogen-bond donors (Lipinski definition) is 1.